The van der Waals surface area contributed by atoms with E-state index >= 15 is 0 Å². The van der Waals surface area contributed by atoms with Crippen molar-refractivity contribution in [2.75, 3.05) is 19.4 Å². The maximum atomic E-state index is 12.3. The van der Waals surface area contributed by atoms with Gasteiger partial charge >= 0.3 is 10.2 Å². The van der Waals surface area contributed by atoms with Gasteiger partial charge in [-0.25, -0.2) is 0 Å². The summed E-state index contributed by atoms with van der Waals surface area (Å²) in [7, 11) is -0.970. The maximum Gasteiger partial charge on any atom is 0.367 e. The van der Waals surface area contributed by atoms with Crippen molar-refractivity contribution in [3.05, 3.63) is 53.0 Å². The number of hydrogen-bond donors (Lipinski definition) is 3. The highest BCUT2D eigenvalue weighted by atomic mass is 32.2. The lowest BCUT2D eigenvalue weighted by Crippen LogP contribution is -2.36. The molecule has 4 rings (SSSR count). The van der Waals surface area contributed by atoms with E-state index in [9.17, 15) is 18.3 Å². The molecule has 3 N–H and O–H groups in total. The van der Waals surface area contributed by atoms with Crippen LogP contribution in [0.2, 0.25) is 0 Å². The summed E-state index contributed by atoms with van der Waals surface area (Å²) in [5, 5.41) is 16.5. The Hall–Kier alpha value is -3.60. The number of para-hydroxylation sites is 1. The first-order valence-electron chi connectivity index (χ1n) is 10.5. The van der Waals surface area contributed by atoms with Gasteiger partial charge in [0.15, 0.2) is 17.4 Å². The van der Waals surface area contributed by atoms with Gasteiger partial charge in [-0.05, 0) is 31.0 Å². The number of phenols is 1. The summed E-state index contributed by atoms with van der Waals surface area (Å²) in [5.74, 6) is 0.755. The molecule has 0 unspecified atom stereocenters. The Morgan fingerprint density at radius 2 is 2.03 bits per heavy atom. The minimum Gasteiger partial charge on any atom is -0.505 e. The lowest BCUT2D eigenvalue weighted by atomic mass is 10.1. The topological polar surface area (TPSA) is 137 Å². The first kappa shape index (κ1) is 22.6. The molecule has 0 spiro atoms. The van der Waals surface area contributed by atoms with Gasteiger partial charge in [-0.2, -0.15) is 8.42 Å². The van der Waals surface area contributed by atoms with Crippen LogP contribution in [0.25, 0.3) is 6.08 Å². The lowest BCUT2D eigenvalue weighted by Gasteiger charge is -2.18. The highest BCUT2D eigenvalue weighted by Crippen LogP contribution is 2.30. The molecule has 2 aliphatic rings. The quantitative estimate of drug-likeness (QED) is 0.570. The molecule has 2 aromatic rings. The number of amidine groups is 2. The summed E-state index contributed by atoms with van der Waals surface area (Å²) < 4.78 is 37.7. The number of nitrogens with zero attached hydrogens (tertiary/aromatic N) is 3. The van der Waals surface area contributed by atoms with Gasteiger partial charge < -0.3 is 25.1 Å². The number of carbonyl (C=O) groups excluding carboxylic acids is 1. The Morgan fingerprint density at radius 1 is 1.27 bits per heavy atom. The summed E-state index contributed by atoms with van der Waals surface area (Å²) in [6.07, 6.45) is 6.41. The third kappa shape index (κ3) is 4.63. The zero-order valence-electron chi connectivity index (χ0n) is 18.5. The smallest absolute Gasteiger partial charge is 0.367 e. The predicted molar refractivity (Wildman–Crippen MR) is 126 cm³/mol. The van der Waals surface area contributed by atoms with E-state index in [1.165, 1.54) is 17.0 Å². The standard InChI is InChI=1S/C22H25N5O5S/c1-4-15(18-12-13-8-5-6-11-17(13)32-18)23-20-21(26-33(30,31)25-20)24-16-10-7-9-14(19(16)28)22(29)27(2)3/h5,7-10,12,15,28H,4,6,11H2,1-3H3,(H,23,25)(H,24,26)/t15-/m1/s1. The predicted octanol–water partition coefficient (Wildman–Crippen LogP) is 2.85. The van der Waals surface area contributed by atoms with Crippen LogP contribution >= 0.6 is 0 Å². The summed E-state index contributed by atoms with van der Waals surface area (Å²) in [4.78, 5) is 13.6. The molecule has 0 bridgehead atoms. The second kappa shape index (κ2) is 8.74. The van der Waals surface area contributed by atoms with Gasteiger partial charge in [0.1, 0.15) is 11.5 Å². The second-order valence-electron chi connectivity index (χ2n) is 7.93. The molecule has 33 heavy (non-hydrogen) atoms. The number of aryl methyl sites for hydroxylation is 1. The molecule has 0 saturated heterocycles. The van der Waals surface area contributed by atoms with Crippen LogP contribution in [0.4, 0.5) is 5.69 Å². The summed E-state index contributed by atoms with van der Waals surface area (Å²) >= 11 is 0. The fourth-order valence-corrected chi connectivity index (χ4v) is 4.41. The number of phenolic OH excluding ortho intramolecular Hbond substituents is 1. The van der Waals surface area contributed by atoms with Gasteiger partial charge in [-0.3, -0.25) is 4.79 Å². The van der Waals surface area contributed by atoms with Gasteiger partial charge in [0.2, 0.25) is 0 Å². The third-order valence-electron chi connectivity index (χ3n) is 5.32. The number of furan rings is 1. The van der Waals surface area contributed by atoms with Crippen LogP contribution in [0, 0.1) is 0 Å². The van der Waals surface area contributed by atoms with Crippen LogP contribution in [0.3, 0.4) is 0 Å². The van der Waals surface area contributed by atoms with Crippen LogP contribution in [-0.2, 0) is 16.6 Å². The molecular formula is C22H25N5O5S. The number of anilines is 1. The number of aromatic hydroxyl groups is 1. The number of amides is 1. The first-order chi connectivity index (χ1) is 15.7. The van der Waals surface area contributed by atoms with Crippen molar-refractivity contribution < 1.29 is 22.7 Å². The average molecular weight is 472 g/mol. The van der Waals surface area contributed by atoms with E-state index < -0.39 is 16.1 Å². The highest BCUT2D eigenvalue weighted by Gasteiger charge is 2.29. The van der Waals surface area contributed by atoms with Crippen molar-refractivity contribution in [2.24, 2.45) is 8.80 Å². The molecule has 11 heteroatoms. The van der Waals surface area contributed by atoms with Crippen LogP contribution in [0.15, 0.2) is 43.6 Å². The van der Waals surface area contributed by atoms with E-state index in [-0.39, 0.29) is 34.7 Å². The highest BCUT2D eigenvalue weighted by molar-refractivity contribution is 7.89. The van der Waals surface area contributed by atoms with Gasteiger partial charge in [0.25, 0.3) is 5.91 Å². The van der Waals surface area contributed by atoms with Crippen LogP contribution in [0.5, 0.6) is 5.75 Å². The number of allylic oxidation sites excluding steroid dienone is 1. The van der Waals surface area contributed by atoms with Crippen molar-refractivity contribution in [3.8, 4) is 5.75 Å². The van der Waals surface area contributed by atoms with Crippen LogP contribution in [0.1, 0.15) is 53.2 Å². The zero-order chi connectivity index (χ0) is 23.8. The Morgan fingerprint density at radius 3 is 2.73 bits per heavy atom. The van der Waals surface area contributed by atoms with E-state index in [0.29, 0.717) is 12.2 Å². The van der Waals surface area contributed by atoms with E-state index in [1.54, 1.807) is 20.2 Å². The van der Waals surface area contributed by atoms with E-state index in [1.807, 2.05) is 19.1 Å². The molecule has 2 heterocycles. The first-order valence-corrected chi connectivity index (χ1v) is 11.9. The Kier molecular flexibility index (Phi) is 5.98. The maximum absolute atomic E-state index is 12.3. The molecule has 0 radical (unpaired) electrons. The second-order valence-corrected chi connectivity index (χ2v) is 9.19. The van der Waals surface area contributed by atoms with Gasteiger partial charge in [-0.1, -0.05) is 25.1 Å². The van der Waals surface area contributed by atoms with Gasteiger partial charge in [-0.15, -0.1) is 8.80 Å². The molecule has 1 aliphatic heterocycles. The summed E-state index contributed by atoms with van der Waals surface area (Å²) in [5.41, 5.74) is 1.20. The molecule has 1 aromatic carbocycles. The Balaban J connectivity index is 1.60. The van der Waals surface area contributed by atoms with Crippen molar-refractivity contribution >= 4 is 39.6 Å². The largest absolute Gasteiger partial charge is 0.505 e. The number of rotatable bonds is 5. The van der Waals surface area contributed by atoms with Crippen LogP contribution in [-0.4, -0.2) is 50.1 Å². The normalized spacial score (nSPS) is 17.1. The summed E-state index contributed by atoms with van der Waals surface area (Å²) in [6.45, 7) is 1.94. The van der Waals surface area contributed by atoms with E-state index in [2.05, 4.69) is 25.5 Å². The fourth-order valence-electron chi connectivity index (χ4n) is 3.64. The van der Waals surface area contributed by atoms with Gasteiger partial charge in [0, 0.05) is 26.1 Å². The van der Waals surface area contributed by atoms with E-state index in [4.69, 9.17) is 4.42 Å². The molecule has 0 fully saturated rings. The van der Waals surface area contributed by atoms with Crippen molar-refractivity contribution in [1.82, 2.24) is 10.2 Å². The minimum absolute atomic E-state index is 0.00416. The van der Waals surface area contributed by atoms with Crippen molar-refractivity contribution in [3.63, 3.8) is 0 Å². The SMILES string of the molecule is CC[C@@H](NC1=NS(=O)(=O)N=C1Nc1cccc(C(=O)N(C)C)c1O)c1cc2c(o1)CCC=C2. The molecule has 10 nitrogen and oxygen atoms in total. The van der Waals surface area contributed by atoms with Gasteiger partial charge in [0.05, 0.1) is 17.3 Å². The molecule has 1 atom stereocenters. The van der Waals surface area contributed by atoms with Crippen molar-refractivity contribution in [1.29, 1.82) is 0 Å². The summed E-state index contributed by atoms with van der Waals surface area (Å²) in [6, 6.07) is 6.14. The lowest BCUT2D eigenvalue weighted by molar-refractivity contribution is 0.0824. The third-order valence-corrected chi connectivity index (χ3v) is 6.15. The number of carbonyl (C=O) groups is 1. The minimum atomic E-state index is -4.10. The molecule has 0 saturated carbocycles. The average Bonchev–Trinajstić information content (AvgIpc) is 3.32. The number of hydrogen-bond acceptors (Lipinski definition) is 7. The Labute approximate surface area is 191 Å². The molecule has 1 aromatic heterocycles. The molecule has 174 valence electrons. The van der Waals surface area contributed by atoms with Crippen LogP contribution < -0.4 is 10.6 Å². The number of fused-ring (bicyclic) bond motifs is 1. The zero-order valence-corrected chi connectivity index (χ0v) is 19.3. The molecule has 1 amide bonds. The molecule has 1 aliphatic carbocycles. The number of benzene rings is 1. The van der Waals surface area contributed by atoms with E-state index in [0.717, 1.165) is 24.2 Å². The fraction of sp³-hybridized carbons (Fsp3) is 0.318. The van der Waals surface area contributed by atoms with Crippen molar-refractivity contribution in [2.45, 2.75) is 32.2 Å². The monoisotopic (exact) mass is 471 g/mol. The number of nitrogens with one attached hydrogen (secondary N) is 2. The molecular weight excluding hydrogens is 446 g/mol. The Bertz CT molecular complexity index is 1290.